The van der Waals surface area contributed by atoms with Crippen molar-refractivity contribution < 1.29 is 13.2 Å². The van der Waals surface area contributed by atoms with Crippen molar-refractivity contribution >= 4 is 24.1 Å². The van der Waals surface area contributed by atoms with E-state index in [0.29, 0.717) is 11.3 Å². The number of benzene rings is 2. The fourth-order valence-electron chi connectivity index (χ4n) is 3.94. The van der Waals surface area contributed by atoms with Gasteiger partial charge in [-0.15, -0.1) is 0 Å². The second kappa shape index (κ2) is 6.91. The first-order valence-corrected chi connectivity index (χ1v) is 9.45. The Morgan fingerprint density at radius 3 is 2.04 bits per heavy atom. The smallest absolute Gasteiger partial charge is 0.265 e. The summed E-state index contributed by atoms with van der Waals surface area (Å²) in [6.07, 6.45) is -1.12. The van der Waals surface area contributed by atoms with Gasteiger partial charge in [0.25, 0.3) is 0 Å². The Labute approximate surface area is 165 Å². The zero-order valence-corrected chi connectivity index (χ0v) is 16.8. The van der Waals surface area contributed by atoms with Crippen LogP contribution in [0.15, 0.2) is 47.5 Å². The highest BCUT2D eigenvalue weighted by Crippen LogP contribution is 2.46. The third kappa shape index (κ3) is 3.91. The van der Waals surface area contributed by atoms with Gasteiger partial charge in [0.2, 0.25) is 0 Å². The molecule has 4 heteroatoms. The second-order valence-electron chi connectivity index (χ2n) is 8.83. The van der Waals surface area contributed by atoms with E-state index in [4.69, 9.17) is 0 Å². The number of hydrogen-bond donors (Lipinski definition) is 0. The van der Waals surface area contributed by atoms with E-state index in [0.717, 1.165) is 18.4 Å². The predicted molar refractivity (Wildman–Crippen MR) is 111 cm³/mol. The minimum Gasteiger partial charge on any atom is -0.265 e. The lowest BCUT2D eigenvalue weighted by atomic mass is 9.63. The van der Waals surface area contributed by atoms with Crippen LogP contribution in [0.2, 0.25) is 0 Å². The molecule has 148 valence electrons. The maximum absolute atomic E-state index is 13.8. The van der Waals surface area contributed by atoms with E-state index < -0.39 is 11.7 Å². The fourth-order valence-corrected chi connectivity index (χ4v) is 3.94. The third-order valence-corrected chi connectivity index (χ3v) is 5.85. The molecular formula is C24H26F3N. The Balaban J connectivity index is 2.12. The van der Waals surface area contributed by atoms with Crippen molar-refractivity contribution in [3.8, 4) is 0 Å². The molecule has 2 aromatic rings. The lowest BCUT2D eigenvalue weighted by Gasteiger charge is -2.42. The number of hydrogen-bond acceptors (Lipinski definition) is 1. The van der Waals surface area contributed by atoms with Crippen LogP contribution in [0.4, 0.5) is 18.9 Å². The maximum Gasteiger partial charge on any atom is 0.417 e. The summed E-state index contributed by atoms with van der Waals surface area (Å²) < 4.78 is 41.4. The molecule has 0 bridgehead atoms. The quantitative estimate of drug-likeness (QED) is 0.384. The predicted octanol–water partition coefficient (Wildman–Crippen LogP) is 7.47. The zero-order valence-electron chi connectivity index (χ0n) is 16.8. The number of halogens is 3. The summed E-state index contributed by atoms with van der Waals surface area (Å²) >= 11 is 0. The summed E-state index contributed by atoms with van der Waals surface area (Å²) in [5, 5.41) is 0. The first-order chi connectivity index (χ1) is 12.9. The van der Waals surface area contributed by atoms with Crippen LogP contribution < -0.4 is 0 Å². The monoisotopic (exact) mass is 385 g/mol. The van der Waals surface area contributed by atoms with Crippen molar-refractivity contribution in [2.45, 2.75) is 57.5 Å². The molecule has 0 heterocycles. The molecular weight excluding hydrogens is 359 g/mol. The van der Waals surface area contributed by atoms with Crippen molar-refractivity contribution in [2.24, 2.45) is 4.99 Å². The molecule has 1 nitrogen and oxygen atoms in total. The van der Waals surface area contributed by atoms with Crippen LogP contribution in [0.5, 0.6) is 0 Å². The molecule has 3 rings (SSSR count). The van der Waals surface area contributed by atoms with Gasteiger partial charge in [-0.2, -0.15) is 13.2 Å². The summed E-state index contributed by atoms with van der Waals surface area (Å²) in [5.41, 5.74) is 2.94. The van der Waals surface area contributed by atoms with Crippen molar-refractivity contribution in [3.63, 3.8) is 0 Å². The Morgan fingerprint density at radius 2 is 1.50 bits per heavy atom. The molecule has 0 aliphatic heterocycles. The van der Waals surface area contributed by atoms with Crippen LogP contribution in [0, 0.1) is 0 Å². The normalized spacial score (nSPS) is 18.5. The molecule has 0 unspecified atom stereocenters. The number of alkyl halides is 3. The van der Waals surface area contributed by atoms with E-state index in [-0.39, 0.29) is 16.4 Å². The molecule has 0 N–H and O–H groups in total. The summed E-state index contributed by atoms with van der Waals surface area (Å²) in [4.78, 5) is 3.74. The summed E-state index contributed by atoms with van der Waals surface area (Å²) in [6, 6.07) is 11.7. The van der Waals surface area contributed by atoms with Crippen molar-refractivity contribution in [1.29, 1.82) is 0 Å². The van der Waals surface area contributed by atoms with Crippen LogP contribution in [0.3, 0.4) is 0 Å². The molecule has 0 radical (unpaired) electrons. The molecule has 2 aromatic carbocycles. The zero-order chi connectivity index (χ0) is 20.7. The number of allylic oxidation sites excluding steroid dienone is 1. The fraction of sp³-hybridized carbons (Fsp3) is 0.375. The Hall–Kier alpha value is -2.36. The SMILES string of the molecule is C=Nc1ccc(C(=Cc2ccc3c(c2)C(C)(C)CCC3(C)C)C(F)(F)F)cc1. The average Bonchev–Trinajstić information content (AvgIpc) is 2.63. The lowest BCUT2D eigenvalue weighted by molar-refractivity contribution is -0.0683. The average molecular weight is 385 g/mol. The van der Waals surface area contributed by atoms with Gasteiger partial charge in [-0.05, 0) is 70.9 Å². The van der Waals surface area contributed by atoms with Crippen LogP contribution in [0.25, 0.3) is 11.6 Å². The van der Waals surface area contributed by atoms with E-state index in [9.17, 15) is 13.2 Å². The van der Waals surface area contributed by atoms with Gasteiger partial charge in [0.05, 0.1) is 11.3 Å². The van der Waals surface area contributed by atoms with Gasteiger partial charge in [0.1, 0.15) is 0 Å². The Morgan fingerprint density at radius 1 is 0.929 bits per heavy atom. The highest BCUT2D eigenvalue weighted by molar-refractivity contribution is 5.85. The molecule has 0 fully saturated rings. The van der Waals surface area contributed by atoms with Crippen LogP contribution in [-0.2, 0) is 10.8 Å². The molecule has 0 saturated carbocycles. The topological polar surface area (TPSA) is 12.4 Å². The van der Waals surface area contributed by atoms with E-state index >= 15 is 0 Å². The summed E-state index contributed by atoms with van der Waals surface area (Å²) in [7, 11) is 0. The van der Waals surface area contributed by atoms with Crippen LogP contribution in [-0.4, -0.2) is 12.9 Å². The molecule has 1 aliphatic rings. The molecule has 28 heavy (non-hydrogen) atoms. The Kier molecular flexibility index (Phi) is 5.03. The maximum atomic E-state index is 13.8. The highest BCUT2D eigenvalue weighted by Gasteiger charge is 2.38. The van der Waals surface area contributed by atoms with E-state index in [1.54, 1.807) is 18.2 Å². The van der Waals surface area contributed by atoms with Gasteiger partial charge in [0.15, 0.2) is 0 Å². The highest BCUT2D eigenvalue weighted by atomic mass is 19.4. The van der Waals surface area contributed by atoms with Gasteiger partial charge < -0.3 is 0 Å². The molecule has 0 saturated heterocycles. The standard InChI is InChI=1S/C24H26F3N/c1-22(2)12-13-23(3,4)21-15-16(6-11-19(21)22)14-20(24(25,26)27)17-7-9-18(28-5)10-8-17/h6-11,14-15H,5,12-13H2,1-4H3. The van der Waals surface area contributed by atoms with Gasteiger partial charge in [-0.25, -0.2) is 0 Å². The molecule has 0 amide bonds. The van der Waals surface area contributed by atoms with E-state index in [1.165, 1.54) is 23.8 Å². The van der Waals surface area contributed by atoms with E-state index in [2.05, 4.69) is 39.4 Å². The van der Waals surface area contributed by atoms with Crippen LogP contribution >= 0.6 is 0 Å². The number of aliphatic imine (C=N–C) groups is 1. The van der Waals surface area contributed by atoms with Crippen molar-refractivity contribution in [1.82, 2.24) is 0 Å². The van der Waals surface area contributed by atoms with Gasteiger partial charge in [-0.3, -0.25) is 4.99 Å². The van der Waals surface area contributed by atoms with Crippen molar-refractivity contribution in [2.75, 3.05) is 0 Å². The summed E-state index contributed by atoms with van der Waals surface area (Å²) in [6.45, 7) is 12.1. The van der Waals surface area contributed by atoms with E-state index in [1.807, 2.05) is 12.1 Å². The second-order valence-corrected chi connectivity index (χ2v) is 8.83. The van der Waals surface area contributed by atoms with Crippen molar-refractivity contribution in [3.05, 3.63) is 64.7 Å². The number of fused-ring (bicyclic) bond motifs is 1. The van der Waals surface area contributed by atoms with Gasteiger partial charge in [-0.1, -0.05) is 58.0 Å². The first kappa shape index (κ1) is 20.4. The lowest BCUT2D eigenvalue weighted by Crippen LogP contribution is -2.33. The summed E-state index contributed by atoms with van der Waals surface area (Å²) in [5.74, 6) is 0. The minimum atomic E-state index is -4.45. The van der Waals surface area contributed by atoms with Gasteiger partial charge in [0, 0.05) is 0 Å². The Bertz CT molecular complexity index is 916. The number of rotatable bonds is 3. The molecule has 0 aromatic heterocycles. The molecule has 1 aliphatic carbocycles. The molecule has 0 spiro atoms. The number of nitrogens with zero attached hydrogens (tertiary/aromatic N) is 1. The minimum absolute atomic E-state index is 0.0352. The molecule has 0 atom stereocenters. The third-order valence-electron chi connectivity index (χ3n) is 5.85. The van der Waals surface area contributed by atoms with Gasteiger partial charge >= 0.3 is 6.18 Å². The first-order valence-electron chi connectivity index (χ1n) is 9.45. The largest absolute Gasteiger partial charge is 0.417 e. The van der Waals surface area contributed by atoms with Crippen LogP contribution in [0.1, 0.15) is 62.8 Å².